The quantitative estimate of drug-likeness (QED) is 0.624. The molecule has 0 atom stereocenters. The van der Waals surface area contributed by atoms with E-state index < -0.39 is 10.0 Å². The van der Waals surface area contributed by atoms with Gasteiger partial charge in [0.25, 0.3) is 0 Å². The van der Waals surface area contributed by atoms with Gasteiger partial charge < -0.3 is 0 Å². The van der Waals surface area contributed by atoms with E-state index in [1.54, 1.807) is 31.2 Å². The summed E-state index contributed by atoms with van der Waals surface area (Å²) in [6, 6.07) is 12.3. The molecule has 3 rings (SSSR count). The Balaban J connectivity index is 2.19. The van der Waals surface area contributed by atoms with E-state index in [2.05, 4.69) is 0 Å². The molecule has 0 aliphatic rings. The van der Waals surface area contributed by atoms with E-state index in [1.165, 1.54) is 35.6 Å². The molecule has 0 spiro atoms. The lowest BCUT2D eigenvalue weighted by molar-refractivity contribution is 0.0992. The second kappa shape index (κ2) is 7.34. The number of rotatable bonds is 5. The third-order valence-corrected chi connectivity index (χ3v) is 6.61. The molecule has 0 fully saturated rings. The van der Waals surface area contributed by atoms with Crippen LogP contribution in [0.3, 0.4) is 0 Å². The van der Waals surface area contributed by atoms with Crippen molar-refractivity contribution in [2.75, 3.05) is 0 Å². The zero-order valence-electron chi connectivity index (χ0n) is 14.8. The summed E-state index contributed by atoms with van der Waals surface area (Å²) in [5.74, 6) is -0.321. The van der Waals surface area contributed by atoms with Crippen LogP contribution in [-0.2, 0) is 10.0 Å². The van der Waals surface area contributed by atoms with Gasteiger partial charge in [-0.2, -0.15) is 0 Å². The number of ketones is 1. The van der Waals surface area contributed by atoms with Crippen molar-refractivity contribution in [3.63, 3.8) is 0 Å². The van der Waals surface area contributed by atoms with Crippen molar-refractivity contribution in [3.8, 4) is 21.6 Å². The molecular formula is C20H18FNO3S2. The molecule has 3 aromatic rings. The Morgan fingerprint density at radius 2 is 1.59 bits per heavy atom. The van der Waals surface area contributed by atoms with E-state index in [4.69, 9.17) is 5.14 Å². The summed E-state index contributed by atoms with van der Waals surface area (Å²) < 4.78 is 36.2. The summed E-state index contributed by atoms with van der Waals surface area (Å²) in [5, 5.41) is 5.16. The van der Waals surface area contributed by atoms with Gasteiger partial charge in [-0.15, -0.1) is 11.3 Å². The minimum atomic E-state index is -3.78. The van der Waals surface area contributed by atoms with Crippen LogP contribution < -0.4 is 5.14 Å². The zero-order chi connectivity index (χ0) is 19.8. The minimum Gasteiger partial charge on any atom is -0.293 e. The van der Waals surface area contributed by atoms with Crippen LogP contribution in [0.2, 0.25) is 0 Å². The number of sulfonamides is 1. The van der Waals surface area contributed by atoms with Crippen LogP contribution >= 0.6 is 11.3 Å². The van der Waals surface area contributed by atoms with E-state index in [0.717, 1.165) is 27.1 Å². The molecule has 27 heavy (non-hydrogen) atoms. The van der Waals surface area contributed by atoms with Crippen LogP contribution in [0.1, 0.15) is 28.6 Å². The Morgan fingerprint density at radius 1 is 1.04 bits per heavy atom. The Morgan fingerprint density at radius 3 is 2.11 bits per heavy atom. The van der Waals surface area contributed by atoms with Crippen molar-refractivity contribution in [3.05, 3.63) is 64.8 Å². The van der Waals surface area contributed by atoms with Gasteiger partial charge in [-0.1, -0.05) is 31.2 Å². The first-order chi connectivity index (χ1) is 12.7. The highest BCUT2D eigenvalue weighted by molar-refractivity contribution is 7.89. The largest absolute Gasteiger partial charge is 0.293 e. The highest BCUT2D eigenvalue weighted by Gasteiger charge is 2.22. The Kier molecular flexibility index (Phi) is 5.28. The predicted octanol–water partition coefficient (Wildman–Crippen LogP) is 4.77. The van der Waals surface area contributed by atoms with Crippen molar-refractivity contribution >= 4 is 27.1 Å². The third-order valence-electron chi connectivity index (χ3n) is 4.30. The van der Waals surface area contributed by atoms with Gasteiger partial charge in [-0.25, -0.2) is 17.9 Å². The molecule has 0 aliphatic carbocycles. The number of nitrogens with two attached hydrogens (primary N) is 1. The molecule has 0 amide bonds. The number of hydrogen-bond donors (Lipinski definition) is 1. The molecule has 0 saturated heterocycles. The number of halogens is 1. The SMILES string of the molecule is CCC(=O)c1sc(-c2ccc(F)cc2)c(C)c1-c1ccc(S(N)(=O)=O)cc1. The Bertz CT molecular complexity index is 1100. The fourth-order valence-electron chi connectivity index (χ4n) is 2.91. The lowest BCUT2D eigenvalue weighted by atomic mass is 9.97. The molecule has 2 aromatic carbocycles. The molecule has 0 aliphatic heterocycles. The number of thiophene rings is 1. The fraction of sp³-hybridized carbons (Fsp3) is 0.150. The van der Waals surface area contributed by atoms with Gasteiger partial charge in [-0.3, -0.25) is 4.79 Å². The average molecular weight is 404 g/mol. The third kappa shape index (κ3) is 3.85. The van der Waals surface area contributed by atoms with E-state index in [-0.39, 0.29) is 16.5 Å². The fourth-order valence-corrected chi connectivity index (χ4v) is 4.77. The summed E-state index contributed by atoms with van der Waals surface area (Å²) in [7, 11) is -3.78. The van der Waals surface area contributed by atoms with Gasteiger partial charge in [0.05, 0.1) is 9.77 Å². The van der Waals surface area contributed by atoms with Gasteiger partial charge in [0.15, 0.2) is 5.78 Å². The van der Waals surface area contributed by atoms with Crippen LogP contribution in [0.5, 0.6) is 0 Å². The van der Waals surface area contributed by atoms with Crippen molar-refractivity contribution in [1.82, 2.24) is 0 Å². The molecule has 1 heterocycles. The number of primary sulfonamides is 1. The number of benzene rings is 2. The summed E-state index contributed by atoms with van der Waals surface area (Å²) in [4.78, 5) is 14.0. The predicted molar refractivity (Wildman–Crippen MR) is 106 cm³/mol. The Hall–Kier alpha value is -2.35. The molecule has 140 valence electrons. The molecule has 4 nitrogen and oxygen atoms in total. The molecule has 0 saturated carbocycles. The number of hydrogen-bond acceptors (Lipinski definition) is 4. The minimum absolute atomic E-state index is 0.00184. The van der Waals surface area contributed by atoms with Crippen LogP contribution in [0, 0.1) is 12.7 Å². The number of carbonyl (C=O) groups excluding carboxylic acids is 1. The zero-order valence-corrected chi connectivity index (χ0v) is 16.5. The highest BCUT2D eigenvalue weighted by Crippen LogP contribution is 2.42. The van der Waals surface area contributed by atoms with E-state index >= 15 is 0 Å². The number of carbonyl (C=O) groups is 1. The maximum absolute atomic E-state index is 13.3. The first-order valence-corrected chi connectivity index (χ1v) is 10.6. The van der Waals surface area contributed by atoms with Crippen LogP contribution in [0.15, 0.2) is 53.4 Å². The maximum atomic E-state index is 13.3. The van der Waals surface area contributed by atoms with E-state index in [9.17, 15) is 17.6 Å². The maximum Gasteiger partial charge on any atom is 0.238 e. The first-order valence-electron chi connectivity index (χ1n) is 8.28. The molecule has 0 bridgehead atoms. The summed E-state index contributed by atoms with van der Waals surface area (Å²) in [6.07, 6.45) is 0.352. The van der Waals surface area contributed by atoms with Crippen molar-refractivity contribution < 1.29 is 17.6 Å². The van der Waals surface area contributed by atoms with Gasteiger partial charge in [-0.05, 0) is 47.9 Å². The van der Waals surface area contributed by atoms with Gasteiger partial charge in [0.2, 0.25) is 10.0 Å². The van der Waals surface area contributed by atoms with Gasteiger partial charge in [0, 0.05) is 16.9 Å². The molecule has 1 aromatic heterocycles. The van der Waals surface area contributed by atoms with Gasteiger partial charge >= 0.3 is 0 Å². The molecule has 2 N–H and O–H groups in total. The lowest BCUT2D eigenvalue weighted by Crippen LogP contribution is -2.11. The second-order valence-corrected chi connectivity index (χ2v) is 8.70. The monoisotopic (exact) mass is 403 g/mol. The highest BCUT2D eigenvalue weighted by atomic mass is 32.2. The normalized spacial score (nSPS) is 11.6. The van der Waals surface area contributed by atoms with Crippen LogP contribution in [0.4, 0.5) is 4.39 Å². The van der Waals surface area contributed by atoms with Crippen LogP contribution in [-0.4, -0.2) is 14.2 Å². The first kappa shape index (κ1) is 19.4. The lowest BCUT2D eigenvalue weighted by Gasteiger charge is -2.07. The standard InChI is InChI=1S/C20H18FNO3S2/c1-3-17(23)20-18(13-6-10-16(11-7-13)27(22,24)25)12(2)19(26-20)14-4-8-15(21)9-5-14/h4-11H,3H2,1-2H3,(H2,22,24,25). The van der Waals surface area contributed by atoms with Gasteiger partial charge in [0.1, 0.15) is 5.82 Å². The smallest absolute Gasteiger partial charge is 0.238 e. The van der Waals surface area contributed by atoms with Crippen molar-refractivity contribution in [2.45, 2.75) is 25.2 Å². The summed E-state index contributed by atoms with van der Waals surface area (Å²) >= 11 is 1.37. The van der Waals surface area contributed by atoms with Crippen molar-refractivity contribution in [1.29, 1.82) is 0 Å². The Labute approximate surface area is 161 Å². The molecule has 7 heteroatoms. The summed E-state index contributed by atoms with van der Waals surface area (Å²) in [5.41, 5.74) is 3.23. The van der Waals surface area contributed by atoms with E-state index in [1.807, 2.05) is 6.92 Å². The average Bonchev–Trinajstić information content (AvgIpc) is 2.98. The topological polar surface area (TPSA) is 77.2 Å². The molecule has 0 radical (unpaired) electrons. The summed E-state index contributed by atoms with van der Waals surface area (Å²) in [6.45, 7) is 3.70. The van der Waals surface area contributed by atoms with E-state index in [0.29, 0.717) is 11.3 Å². The molecular weight excluding hydrogens is 385 g/mol. The van der Waals surface area contributed by atoms with Crippen LogP contribution in [0.25, 0.3) is 21.6 Å². The second-order valence-electron chi connectivity index (χ2n) is 6.11. The number of Topliss-reactive ketones (excluding diaryl/α,β-unsaturated/α-hetero) is 1. The van der Waals surface area contributed by atoms with Crippen molar-refractivity contribution in [2.24, 2.45) is 5.14 Å². The molecule has 0 unspecified atom stereocenters.